The summed E-state index contributed by atoms with van der Waals surface area (Å²) in [6.45, 7) is 4.21. The molecule has 0 fully saturated rings. The smallest absolute Gasteiger partial charge is 0.211 e. The van der Waals surface area contributed by atoms with Crippen LogP contribution in [-0.2, 0) is 0 Å². The predicted molar refractivity (Wildman–Crippen MR) is 48.4 cm³/mol. The molecule has 0 aromatic heterocycles. The van der Waals surface area contributed by atoms with Gasteiger partial charge in [0.05, 0.1) is 0 Å². The molecule has 11 heavy (non-hydrogen) atoms. The molecule has 0 aliphatic carbocycles. The third kappa shape index (κ3) is 6.83. The molecule has 1 unspecified atom stereocenters. The molecular weight excluding hydrogens is 140 g/mol. The van der Waals surface area contributed by atoms with Crippen molar-refractivity contribution < 1.29 is 0 Å². The van der Waals surface area contributed by atoms with Gasteiger partial charge >= 0.3 is 0 Å². The molecule has 0 saturated carbocycles. The minimum Gasteiger partial charge on any atom is -0.369 e. The fourth-order valence-corrected chi connectivity index (χ4v) is 0.744. The molecule has 0 aliphatic rings. The van der Waals surface area contributed by atoms with Crippen molar-refractivity contribution in [3.63, 3.8) is 0 Å². The lowest BCUT2D eigenvalue weighted by atomic mass is 10.1. The Morgan fingerprint density at radius 1 is 1.55 bits per heavy atom. The topological polar surface area (TPSA) is 76.8 Å². The van der Waals surface area contributed by atoms with E-state index in [1.165, 1.54) is 0 Å². The second kappa shape index (κ2) is 5.70. The summed E-state index contributed by atoms with van der Waals surface area (Å²) < 4.78 is 0. The van der Waals surface area contributed by atoms with Crippen LogP contribution in [0, 0.1) is 5.92 Å². The molecule has 1 atom stereocenters. The first-order valence-electron chi connectivity index (χ1n) is 3.79. The number of rotatable bonds is 4. The van der Waals surface area contributed by atoms with E-state index in [-0.39, 0.29) is 5.96 Å². The van der Waals surface area contributed by atoms with Gasteiger partial charge in [-0.2, -0.15) is 5.10 Å². The number of nitrogens with zero attached hydrogens (tertiary/aromatic N) is 2. The van der Waals surface area contributed by atoms with Gasteiger partial charge < -0.3 is 11.5 Å². The van der Waals surface area contributed by atoms with Crippen LogP contribution >= 0.6 is 0 Å². The monoisotopic (exact) mass is 156 g/mol. The maximum atomic E-state index is 5.07. The average molecular weight is 156 g/mol. The average Bonchev–Trinajstić information content (AvgIpc) is 1.87. The van der Waals surface area contributed by atoms with E-state index in [2.05, 4.69) is 24.1 Å². The van der Waals surface area contributed by atoms with Crippen molar-refractivity contribution in [1.29, 1.82) is 0 Å². The van der Waals surface area contributed by atoms with Gasteiger partial charge in [0.2, 0.25) is 5.96 Å². The van der Waals surface area contributed by atoms with Gasteiger partial charge in [0.15, 0.2) is 0 Å². The number of hydrogen-bond acceptors (Lipinski definition) is 2. The summed E-state index contributed by atoms with van der Waals surface area (Å²) in [6.07, 6.45) is 4.02. The van der Waals surface area contributed by atoms with Gasteiger partial charge in [-0.3, -0.25) is 0 Å². The van der Waals surface area contributed by atoms with Crippen molar-refractivity contribution in [3.8, 4) is 0 Å². The summed E-state index contributed by atoms with van der Waals surface area (Å²) in [4.78, 5) is 0. The molecular formula is C7H16N4. The molecule has 0 rings (SSSR count). The highest BCUT2D eigenvalue weighted by atomic mass is 15.3. The summed E-state index contributed by atoms with van der Waals surface area (Å²) in [5.74, 6) is 0.452. The highest BCUT2D eigenvalue weighted by Crippen LogP contribution is 2.00. The highest BCUT2D eigenvalue weighted by molar-refractivity contribution is 5.76. The molecule has 0 bridgehead atoms. The van der Waals surface area contributed by atoms with E-state index < -0.39 is 0 Å². The molecule has 0 aromatic rings. The van der Waals surface area contributed by atoms with Crippen molar-refractivity contribution in [2.24, 2.45) is 27.6 Å². The van der Waals surface area contributed by atoms with Crippen LogP contribution < -0.4 is 11.5 Å². The maximum Gasteiger partial charge on any atom is 0.211 e. The molecule has 64 valence electrons. The van der Waals surface area contributed by atoms with E-state index in [0.717, 1.165) is 12.8 Å². The van der Waals surface area contributed by atoms with Crippen LogP contribution in [0.3, 0.4) is 0 Å². The Morgan fingerprint density at radius 2 is 2.18 bits per heavy atom. The Bertz CT molecular complexity index is 147. The van der Waals surface area contributed by atoms with E-state index in [9.17, 15) is 0 Å². The molecule has 0 aromatic carbocycles. The van der Waals surface area contributed by atoms with Crippen LogP contribution in [0.25, 0.3) is 0 Å². The lowest BCUT2D eigenvalue weighted by Gasteiger charge is -1.98. The number of guanidine groups is 1. The van der Waals surface area contributed by atoms with Gasteiger partial charge in [0.1, 0.15) is 0 Å². The van der Waals surface area contributed by atoms with E-state index in [0.29, 0.717) is 5.92 Å². The standard InChI is InChI=1S/C7H16N4/c1-3-4-6(2)5-10-11-7(8)9/h5-6H,3-4H2,1-2H3,(H4,8,9,11). The van der Waals surface area contributed by atoms with Crippen molar-refractivity contribution in [2.45, 2.75) is 26.7 Å². The molecule has 0 radical (unpaired) electrons. The quantitative estimate of drug-likeness (QED) is 0.357. The van der Waals surface area contributed by atoms with Gasteiger partial charge in [-0.15, -0.1) is 5.10 Å². The Balaban J connectivity index is 3.64. The van der Waals surface area contributed by atoms with E-state index in [1.54, 1.807) is 6.21 Å². The molecule has 0 amide bonds. The summed E-state index contributed by atoms with van der Waals surface area (Å²) in [5.41, 5.74) is 10.1. The van der Waals surface area contributed by atoms with Crippen LogP contribution in [0.5, 0.6) is 0 Å². The Labute approximate surface area is 67.4 Å². The van der Waals surface area contributed by atoms with E-state index in [4.69, 9.17) is 11.5 Å². The largest absolute Gasteiger partial charge is 0.369 e. The zero-order chi connectivity index (χ0) is 8.69. The second-order valence-electron chi connectivity index (χ2n) is 2.56. The zero-order valence-corrected chi connectivity index (χ0v) is 7.12. The molecule has 0 heterocycles. The first kappa shape index (κ1) is 9.94. The zero-order valence-electron chi connectivity index (χ0n) is 7.12. The van der Waals surface area contributed by atoms with Gasteiger partial charge in [0.25, 0.3) is 0 Å². The van der Waals surface area contributed by atoms with Crippen LogP contribution in [-0.4, -0.2) is 12.2 Å². The van der Waals surface area contributed by atoms with Crippen molar-refractivity contribution in [1.82, 2.24) is 0 Å². The Morgan fingerprint density at radius 3 is 2.64 bits per heavy atom. The minimum atomic E-state index is 0.00458. The lowest BCUT2D eigenvalue weighted by Crippen LogP contribution is -2.21. The van der Waals surface area contributed by atoms with Gasteiger partial charge in [-0.25, -0.2) is 0 Å². The second-order valence-corrected chi connectivity index (χ2v) is 2.56. The molecule has 4 N–H and O–H groups in total. The minimum absolute atomic E-state index is 0.00458. The van der Waals surface area contributed by atoms with Crippen LogP contribution in [0.15, 0.2) is 10.2 Å². The number of nitrogens with two attached hydrogens (primary N) is 2. The van der Waals surface area contributed by atoms with Gasteiger partial charge in [-0.05, 0) is 12.3 Å². The molecule has 0 spiro atoms. The molecule has 0 aliphatic heterocycles. The van der Waals surface area contributed by atoms with Crippen molar-refractivity contribution >= 4 is 12.2 Å². The molecule has 0 saturated heterocycles. The Hall–Kier alpha value is -1.06. The third-order valence-electron chi connectivity index (χ3n) is 1.24. The van der Waals surface area contributed by atoms with Crippen molar-refractivity contribution in [3.05, 3.63) is 0 Å². The predicted octanol–water partition coefficient (Wildman–Crippen LogP) is 0.682. The summed E-state index contributed by atoms with van der Waals surface area (Å²) in [7, 11) is 0. The normalized spacial score (nSPS) is 13.3. The third-order valence-corrected chi connectivity index (χ3v) is 1.24. The number of hydrogen-bond donors (Lipinski definition) is 2. The first-order chi connectivity index (χ1) is 5.16. The van der Waals surface area contributed by atoms with Crippen LogP contribution in [0.1, 0.15) is 26.7 Å². The summed E-state index contributed by atoms with van der Waals surface area (Å²) in [6, 6.07) is 0. The van der Waals surface area contributed by atoms with Crippen LogP contribution in [0.4, 0.5) is 0 Å². The molecule has 4 nitrogen and oxygen atoms in total. The first-order valence-corrected chi connectivity index (χ1v) is 3.79. The van der Waals surface area contributed by atoms with Crippen LogP contribution in [0.2, 0.25) is 0 Å². The SMILES string of the molecule is CCCC(C)C=NN=C(N)N. The Kier molecular flexibility index (Phi) is 5.15. The maximum absolute atomic E-state index is 5.07. The van der Waals surface area contributed by atoms with E-state index >= 15 is 0 Å². The van der Waals surface area contributed by atoms with E-state index in [1.807, 2.05) is 0 Å². The highest BCUT2D eigenvalue weighted by Gasteiger charge is 1.93. The van der Waals surface area contributed by atoms with Gasteiger partial charge in [0, 0.05) is 6.21 Å². The summed E-state index contributed by atoms with van der Waals surface area (Å²) >= 11 is 0. The molecule has 4 heteroatoms. The summed E-state index contributed by atoms with van der Waals surface area (Å²) in [5, 5.41) is 7.19. The van der Waals surface area contributed by atoms with Crippen molar-refractivity contribution in [2.75, 3.05) is 0 Å². The fraction of sp³-hybridized carbons (Fsp3) is 0.714. The lowest BCUT2D eigenvalue weighted by molar-refractivity contribution is 0.676. The van der Waals surface area contributed by atoms with Gasteiger partial charge in [-0.1, -0.05) is 20.3 Å². The fourth-order valence-electron chi connectivity index (χ4n) is 0.744.